The maximum atomic E-state index is 13.3. The SMILES string of the molecule is CCC(CO)C(=O)NCCc1ccc(F)cc1F. The van der Waals surface area contributed by atoms with E-state index in [-0.39, 0.29) is 19.1 Å². The molecule has 1 amide bonds. The van der Waals surface area contributed by atoms with Crippen LogP contribution >= 0.6 is 0 Å². The van der Waals surface area contributed by atoms with E-state index < -0.39 is 17.6 Å². The van der Waals surface area contributed by atoms with Gasteiger partial charge in [0.2, 0.25) is 5.91 Å². The zero-order chi connectivity index (χ0) is 13.5. The number of rotatable bonds is 6. The first-order chi connectivity index (χ1) is 8.58. The van der Waals surface area contributed by atoms with Gasteiger partial charge in [-0.1, -0.05) is 13.0 Å². The summed E-state index contributed by atoms with van der Waals surface area (Å²) in [6, 6.07) is 3.36. The maximum Gasteiger partial charge on any atom is 0.225 e. The van der Waals surface area contributed by atoms with Crippen LogP contribution in [0.4, 0.5) is 8.78 Å². The van der Waals surface area contributed by atoms with Gasteiger partial charge in [0.25, 0.3) is 0 Å². The molecule has 2 N–H and O–H groups in total. The maximum absolute atomic E-state index is 13.3. The van der Waals surface area contributed by atoms with Crippen LogP contribution < -0.4 is 5.32 Å². The van der Waals surface area contributed by atoms with Gasteiger partial charge < -0.3 is 10.4 Å². The lowest BCUT2D eigenvalue weighted by Gasteiger charge is -2.12. The zero-order valence-corrected chi connectivity index (χ0v) is 10.2. The van der Waals surface area contributed by atoms with Crippen molar-refractivity contribution in [3.63, 3.8) is 0 Å². The van der Waals surface area contributed by atoms with Crippen LogP contribution in [0.15, 0.2) is 18.2 Å². The molecular weight excluding hydrogens is 240 g/mol. The molecule has 0 saturated carbocycles. The van der Waals surface area contributed by atoms with Gasteiger partial charge >= 0.3 is 0 Å². The third-order valence-corrected chi connectivity index (χ3v) is 2.79. The largest absolute Gasteiger partial charge is 0.396 e. The summed E-state index contributed by atoms with van der Waals surface area (Å²) < 4.78 is 25.9. The van der Waals surface area contributed by atoms with E-state index in [9.17, 15) is 13.6 Å². The Morgan fingerprint density at radius 3 is 2.72 bits per heavy atom. The van der Waals surface area contributed by atoms with Crippen LogP contribution in [-0.2, 0) is 11.2 Å². The molecule has 1 unspecified atom stereocenters. The number of benzene rings is 1. The normalized spacial score (nSPS) is 12.2. The number of nitrogens with one attached hydrogen (secondary N) is 1. The summed E-state index contributed by atoms with van der Waals surface area (Å²) in [5.41, 5.74) is 0.355. The highest BCUT2D eigenvalue weighted by Crippen LogP contribution is 2.09. The Kier molecular flexibility index (Phi) is 5.71. The summed E-state index contributed by atoms with van der Waals surface area (Å²) in [7, 11) is 0. The Hall–Kier alpha value is -1.49. The monoisotopic (exact) mass is 257 g/mol. The minimum Gasteiger partial charge on any atom is -0.396 e. The standard InChI is InChI=1S/C13H17F2NO2/c1-2-9(8-17)13(18)16-6-5-10-3-4-11(14)7-12(10)15/h3-4,7,9,17H,2,5-6,8H2,1H3,(H,16,18). The fourth-order valence-electron chi connectivity index (χ4n) is 1.59. The summed E-state index contributed by atoms with van der Waals surface area (Å²) in [5, 5.41) is 11.5. The average Bonchev–Trinajstić information content (AvgIpc) is 2.33. The van der Waals surface area contributed by atoms with Crippen LogP contribution in [0.3, 0.4) is 0 Å². The first-order valence-corrected chi connectivity index (χ1v) is 5.91. The molecule has 0 aliphatic heterocycles. The van der Waals surface area contributed by atoms with E-state index >= 15 is 0 Å². The molecule has 1 aromatic rings. The minimum absolute atomic E-state index is 0.201. The van der Waals surface area contributed by atoms with Crippen LogP contribution in [0, 0.1) is 17.6 Å². The predicted octanol–water partition coefficient (Wildman–Crippen LogP) is 1.64. The lowest BCUT2D eigenvalue weighted by atomic mass is 10.1. The van der Waals surface area contributed by atoms with Gasteiger partial charge in [0.1, 0.15) is 11.6 Å². The molecule has 5 heteroatoms. The smallest absolute Gasteiger partial charge is 0.225 e. The second kappa shape index (κ2) is 7.06. The van der Waals surface area contributed by atoms with Crippen LogP contribution in [-0.4, -0.2) is 24.2 Å². The highest BCUT2D eigenvalue weighted by Gasteiger charge is 2.14. The van der Waals surface area contributed by atoms with E-state index in [2.05, 4.69) is 5.32 Å². The van der Waals surface area contributed by atoms with Crippen molar-refractivity contribution in [2.75, 3.05) is 13.2 Å². The fourth-order valence-corrected chi connectivity index (χ4v) is 1.59. The molecule has 0 fully saturated rings. The predicted molar refractivity (Wildman–Crippen MR) is 63.9 cm³/mol. The van der Waals surface area contributed by atoms with Gasteiger partial charge in [0, 0.05) is 12.6 Å². The molecule has 0 spiro atoms. The third kappa shape index (κ3) is 4.07. The van der Waals surface area contributed by atoms with Gasteiger partial charge in [0.05, 0.1) is 12.5 Å². The van der Waals surface area contributed by atoms with Crippen LogP contribution in [0.5, 0.6) is 0 Å². The molecule has 0 heterocycles. The molecule has 1 rings (SSSR count). The number of hydrogen-bond acceptors (Lipinski definition) is 2. The molecule has 0 radical (unpaired) electrons. The van der Waals surface area contributed by atoms with Gasteiger partial charge in [-0.2, -0.15) is 0 Å². The Labute approximate surface area is 105 Å². The topological polar surface area (TPSA) is 49.3 Å². The van der Waals surface area contributed by atoms with E-state index in [4.69, 9.17) is 5.11 Å². The number of hydrogen-bond donors (Lipinski definition) is 2. The molecule has 0 aromatic heterocycles. The highest BCUT2D eigenvalue weighted by atomic mass is 19.1. The first kappa shape index (κ1) is 14.6. The fraction of sp³-hybridized carbons (Fsp3) is 0.462. The van der Waals surface area contributed by atoms with Gasteiger partial charge in [-0.15, -0.1) is 0 Å². The second-order valence-electron chi connectivity index (χ2n) is 4.06. The van der Waals surface area contributed by atoms with E-state index in [1.54, 1.807) is 6.92 Å². The molecule has 0 bridgehead atoms. The zero-order valence-electron chi connectivity index (χ0n) is 10.2. The Bertz CT molecular complexity index is 406. The van der Waals surface area contributed by atoms with Crippen molar-refractivity contribution in [2.45, 2.75) is 19.8 Å². The number of aliphatic hydroxyl groups excluding tert-OH is 1. The van der Waals surface area contributed by atoms with Crippen molar-refractivity contribution in [3.8, 4) is 0 Å². The molecule has 1 atom stereocenters. The van der Waals surface area contributed by atoms with E-state index in [1.165, 1.54) is 12.1 Å². The number of aliphatic hydroxyl groups is 1. The number of amides is 1. The number of halogens is 2. The summed E-state index contributed by atoms with van der Waals surface area (Å²) >= 11 is 0. The minimum atomic E-state index is -0.619. The molecule has 0 aliphatic rings. The van der Waals surface area contributed by atoms with Crippen LogP contribution in [0.2, 0.25) is 0 Å². The van der Waals surface area contributed by atoms with E-state index in [0.29, 0.717) is 18.4 Å². The van der Waals surface area contributed by atoms with Crippen molar-refractivity contribution < 1.29 is 18.7 Å². The number of carbonyl (C=O) groups is 1. The molecule has 3 nitrogen and oxygen atoms in total. The van der Waals surface area contributed by atoms with Crippen molar-refractivity contribution >= 4 is 5.91 Å². The first-order valence-electron chi connectivity index (χ1n) is 5.91. The van der Waals surface area contributed by atoms with Crippen molar-refractivity contribution in [1.82, 2.24) is 5.32 Å². The summed E-state index contributed by atoms with van der Waals surface area (Å²) in [4.78, 5) is 11.5. The highest BCUT2D eigenvalue weighted by molar-refractivity contribution is 5.78. The van der Waals surface area contributed by atoms with Gasteiger partial charge in [-0.05, 0) is 24.5 Å². The summed E-state index contributed by atoms with van der Waals surface area (Å²) in [6.45, 7) is 1.87. The lowest BCUT2D eigenvalue weighted by molar-refractivity contribution is -0.126. The Morgan fingerprint density at radius 2 is 2.17 bits per heavy atom. The van der Waals surface area contributed by atoms with Crippen molar-refractivity contribution in [3.05, 3.63) is 35.4 Å². The third-order valence-electron chi connectivity index (χ3n) is 2.79. The molecule has 18 heavy (non-hydrogen) atoms. The van der Waals surface area contributed by atoms with Gasteiger partial charge in [-0.3, -0.25) is 4.79 Å². The Morgan fingerprint density at radius 1 is 1.44 bits per heavy atom. The van der Waals surface area contributed by atoms with E-state index in [1.807, 2.05) is 0 Å². The second-order valence-corrected chi connectivity index (χ2v) is 4.06. The van der Waals surface area contributed by atoms with Crippen LogP contribution in [0.1, 0.15) is 18.9 Å². The number of carbonyl (C=O) groups excluding carboxylic acids is 1. The molecular formula is C13H17F2NO2. The molecule has 100 valence electrons. The molecule has 0 saturated heterocycles. The van der Waals surface area contributed by atoms with Crippen LogP contribution in [0.25, 0.3) is 0 Å². The van der Waals surface area contributed by atoms with Crippen molar-refractivity contribution in [1.29, 1.82) is 0 Å². The molecule has 0 aliphatic carbocycles. The summed E-state index contributed by atoms with van der Waals surface area (Å²) in [5.74, 6) is -1.91. The van der Waals surface area contributed by atoms with Gasteiger partial charge in [0.15, 0.2) is 0 Å². The quantitative estimate of drug-likeness (QED) is 0.814. The van der Waals surface area contributed by atoms with E-state index in [0.717, 1.165) is 6.07 Å². The lowest BCUT2D eigenvalue weighted by Crippen LogP contribution is -2.33. The summed E-state index contributed by atoms with van der Waals surface area (Å²) in [6.07, 6.45) is 0.840. The molecule has 1 aromatic carbocycles. The van der Waals surface area contributed by atoms with Gasteiger partial charge in [-0.25, -0.2) is 8.78 Å². The van der Waals surface area contributed by atoms with Crippen molar-refractivity contribution in [2.24, 2.45) is 5.92 Å². The average molecular weight is 257 g/mol. The Balaban J connectivity index is 2.44.